The second-order valence-corrected chi connectivity index (χ2v) is 5.78. The minimum Gasteiger partial charge on any atom is -0.352 e. The van der Waals surface area contributed by atoms with Crippen molar-refractivity contribution in [1.29, 1.82) is 0 Å². The molecule has 1 saturated heterocycles. The molecule has 0 aromatic rings. The van der Waals surface area contributed by atoms with Crippen LogP contribution in [0, 0.1) is 0 Å². The molecule has 0 radical (unpaired) electrons. The van der Waals surface area contributed by atoms with Crippen LogP contribution in [0.1, 0.15) is 32.1 Å². The van der Waals surface area contributed by atoms with Gasteiger partial charge in [0, 0.05) is 41.4 Å². The normalized spacial score (nSPS) is 35.4. The summed E-state index contributed by atoms with van der Waals surface area (Å²) >= 11 is 2.14. The summed E-state index contributed by atoms with van der Waals surface area (Å²) in [6, 6.07) is -0.0948. The van der Waals surface area contributed by atoms with Gasteiger partial charge in [-0.3, -0.25) is 13.6 Å². The lowest BCUT2D eigenvalue weighted by atomic mass is 9.91. The molecule has 0 aromatic carbocycles. The van der Waals surface area contributed by atoms with Crippen molar-refractivity contribution in [3.05, 3.63) is 0 Å². The summed E-state index contributed by atoms with van der Waals surface area (Å²) in [4.78, 5) is 11.8. The highest BCUT2D eigenvalue weighted by atomic mass is 127. The van der Waals surface area contributed by atoms with Crippen LogP contribution in [0.3, 0.4) is 0 Å². The predicted molar refractivity (Wildman–Crippen MR) is 72.7 cm³/mol. The van der Waals surface area contributed by atoms with E-state index in [1.54, 1.807) is 0 Å². The minimum absolute atomic E-state index is 0.134. The van der Waals surface area contributed by atoms with Crippen LogP contribution in [0.2, 0.25) is 0 Å². The molecule has 7 heteroatoms. The van der Waals surface area contributed by atoms with Crippen molar-refractivity contribution in [3.63, 3.8) is 0 Å². The van der Waals surface area contributed by atoms with Crippen molar-refractivity contribution >= 4 is 28.8 Å². The molecule has 18 heavy (non-hydrogen) atoms. The summed E-state index contributed by atoms with van der Waals surface area (Å²) in [5, 5.41) is 5.46. The molecule has 1 heterocycles. The zero-order valence-corrected chi connectivity index (χ0v) is 12.2. The number of nitrogens with one attached hydrogen (secondary N) is 3. The number of rotatable bonds is 3. The van der Waals surface area contributed by atoms with Gasteiger partial charge in [-0.2, -0.15) is 0 Å². The van der Waals surface area contributed by atoms with Gasteiger partial charge in [0.15, 0.2) is 0 Å². The van der Waals surface area contributed by atoms with Gasteiger partial charge in [0.25, 0.3) is 5.92 Å². The quantitative estimate of drug-likeness (QED) is 0.517. The van der Waals surface area contributed by atoms with Crippen molar-refractivity contribution in [2.24, 2.45) is 0 Å². The van der Waals surface area contributed by atoms with Gasteiger partial charge in [0.1, 0.15) is 0 Å². The van der Waals surface area contributed by atoms with Crippen molar-refractivity contribution in [2.45, 2.75) is 56.2 Å². The average Bonchev–Trinajstić information content (AvgIpc) is 2.71. The molecular formula is C11H18F2IN3O. The Morgan fingerprint density at radius 2 is 1.83 bits per heavy atom. The average molecular weight is 373 g/mol. The second kappa shape index (κ2) is 5.96. The molecule has 104 valence electrons. The third kappa shape index (κ3) is 3.74. The Hall–Kier alpha value is -0.0200. The van der Waals surface area contributed by atoms with E-state index in [9.17, 15) is 13.6 Å². The first kappa shape index (κ1) is 14.4. The highest BCUT2D eigenvalue weighted by Gasteiger charge is 2.42. The third-order valence-electron chi connectivity index (χ3n) is 3.65. The molecule has 2 fully saturated rings. The van der Waals surface area contributed by atoms with Gasteiger partial charge in [0.05, 0.1) is 12.6 Å². The van der Waals surface area contributed by atoms with E-state index in [0.717, 1.165) is 25.7 Å². The van der Waals surface area contributed by atoms with Crippen LogP contribution in [0.5, 0.6) is 0 Å². The van der Waals surface area contributed by atoms with Gasteiger partial charge in [-0.1, -0.05) is 0 Å². The van der Waals surface area contributed by atoms with E-state index in [4.69, 9.17) is 0 Å². The lowest BCUT2D eigenvalue weighted by Gasteiger charge is -2.29. The maximum atomic E-state index is 13.0. The molecule has 1 amide bonds. The monoisotopic (exact) mass is 373 g/mol. The van der Waals surface area contributed by atoms with E-state index in [1.165, 1.54) is 0 Å². The minimum atomic E-state index is -2.75. The smallest absolute Gasteiger partial charge is 0.262 e. The molecule has 0 unspecified atom stereocenters. The summed E-state index contributed by atoms with van der Waals surface area (Å²) in [6.45, 7) is -0.392. The van der Waals surface area contributed by atoms with Gasteiger partial charge in [-0.25, -0.2) is 8.78 Å². The molecule has 1 saturated carbocycles. The van der Waals surface area contributed by atoms with E-state index >= 15 is 0 Å². The number of halogens is 3. The van der Waals surface area contributed by atoms with Crippen LogP contribution in [0.4, 0.5) is 8.78 Å². The molecule has 1 aliphatic heterocycles. The van der Waals surface area contributed by atoms with Crippen molar-refractivity contribution in [1.82, 2.24) is 14.2 Å². The van der Waals surface area contributed by atoms with Crippen molar-refractivity contribution in [2.75, 3.05) is 6.54 Å². The maximum Gasteiger partial charge on any atom is 0.262 e. The van der Waals surface area contributed by atoms with E-state index in [1.807, 2.05) is 0 Å². The number of hydrogen-bond donors (Lipinski definition) is 3. The Labute approximate surface area is 119 Å². The fourth-order valence-electron chi connectivity index (χ4n) is 2.55. The summed E-state index contributed by atoms with van der Waals surface area (Å²) in [6.07, 6.45) is 3.47. The van der Waals surface area contributed by atoms with Crippen LogP contribution in [0.25, 0.3) is 0 Å². The first-order valence-electron chi connectivity index (χ1n) is 6.28. The fourth-order valence-corrected chi connectivity index (χ4v) is 3.17. The molecule has 4 nitrogen and oxygen atoms in total. The van der Waals surface area contributed by atoms with Gasteiger partial charge in [-0.15, -0.1) is 0 Å². The van der Waals surface area contributed by atoms with Crippen LogP contribution in [0.15, 0.2) is 0 Å². The molecule has 0 aromatic heterocycles. The maximum absolute atomic E-state index is 13.0. The first-order chi connectivity index (χ1) is 8.50. The van der Waals surface area contributed by atoms with Gasteiger partial charge >= 0.3 is 0 Å². The lowest BCUT2D eigenvalue weighted by molar-refractivity contribution is -0.124. The molecule has 0 spiro atoms. The van der Waals surface area contributed by atoms with Crippen LogP contribution in [-0.2, 0) is 4.79 Å². The molecule has 1 atom stereocenters. The summed E-state index contributed by atoms with van der Waals surface area (Å²) in [5.74, 6) is -3.02. The highest BCUT2D eigenvalue weighted by molar-refractivity contribution is 14.1. The topological polar surface area (TPSA) is 53.2 Å². The standard InChI is InChI=1S/C11H18F2IN3O/c12-11(13)5-9(15-6-11)10(18)16-7-1-3-8(17-14)4-2-7/h7-9,15,17H,1-6H2,(H,16,18)/t7?,8?,9-/m0/s1. The Morgan fingerprint density at radius 3 is 2.33 bits per heavy atom. The number of carbonyl (C=O) groups is 1. The number of carbonyl (C=O) groups excluding carboxylic acids is 1. The fraction of sp³-hybridized carbons (Fsp3) is 0.909. The Bertz CT molecular complexity index is 309. The number of amides is 1. The molecular weight excluding hydrogens is 355 g/mol. The zero-order chi connectivity index (χ0) is 13.2. The largest absolute Gasteiger partial charge is 0.352 e. The second-order valence-electron chi connectivity index (χ2n) is 5.16. The number of hydrogen-bond acceptors (Lipinski definition) is 3. The number of alkyl halides is 2. The molecule has 3 N–H and O–H groups in total. The van der Waals surface area contributed by atoms with Crippen molar-refractivity contribution < 1.29 is 13.6 Å². The van der Waals surface area contributed by atoms with E-state index in [0.29, 0.717) is 6.04 Å². The Balaban J connectivity index is 1.75. The molecule has 2 aliphatic rings. The van der Waals surface area contributed by atoms with Gasteiger partial charge in [-0.05, 0) is 25.7 Å². The van der Waals surface area contributed by atoms with E-state index in [2.05, 4.69) is 37.0 Å². The predicted octanol–water partition coefficient (Wildman–Crippen LogP) is 1.35. The summed E-state index contributed by atoms with van der Waals surface area (Å²) < 4.78 is 29.1. The third-order valence-corrected chi connectivity index (χ3v) is 4.54. The summed E-state index contributed by atoms with van der Waals surface area (Å²) in [5.41, 5.74) is 0. The van der Waals surface area contributed by atoms with E-state index < -0.39 is 18.5 Å². The van der Waals surface area contributed by atoms with Gasteiger partial charge < -0.3 is 5.32 Å². The Kier molecular flexibility index (Phi) is 4.76. The molecule has 0 bridgehead atoms. The van der Waals surface area contributed by atoms with E-state index in [-0.39, 0.29) is 18.4 Å². The lowest BCUT2D eigenvalue weighted by Crippen LogP contribution is -2.47. The molecule has 1 aliphatic carbocycles. The Morgan fingerprint density at radius 1 is 1.22 bits per heavy atom. The van der Waals surface area contributed by atoms with Crippen LogP contribution < -0.4 is 14.2 Å². The van der Waals surface area contributed by atoms with Crippen LogP contribution >= 0.6 is 22.9 Å². The highest BCUT2D eigenvalue weighted by Crippen LogP contribution is 2.26. The SMILES string of the molecule is O=C(NC1CCC(NI)CC1)[C@@H]1CC(F)(F)CN1. The molecule has 2 rings (SSSR count). The van der Waals surface area contributed by atoms with Gasteiger partial charge in [0.2, 0.25) is 5.91 Å². The van der Waals surface area contributed by atoms with Crippen molar-refractivity contribution in [3.8, 4) is 0 Å². The summed E-state index contributed by atoms with van der Waals surface area (Å²) in [7, 11) is 0. The first-order valence-corrected chi connectivity index (χ1v) is 7.36. The van der Waals surface area contributed by atoms with Crippen LogP contribution in [-0.4, -0.2) is 36.5 Å². The zero-order valence-electron chi connectivity index (χ0n) is 10.0.